The predicted octanol–water partition coefficient (Wildman–Crippen LogP) is 3.99. The number of hydrogen-bond acceptors (Lipinski definition) is 6. The molecule has 0 aliphatic rings. The molecule has 6 heteroatoms. The molecule has 2 aromatic heterocycles. The Kier molecular flexibility index (Phi) is 3.85. The number of hydrogen-bond donors (Lipinski definition) is 0. The Morgan fingerprint density at radius 1 is 0.880 bits per heavy atom. The smallest absolute Gasteiger partial charge is 0.247 e. The van der Waals surface area contributed by atoms with E-state index < -0.39 is 0 Å². The van der Waals surface area contributed by atoms with Crippen LogP contribution in [0.2, 0.25) is 0 Å². The van der Waals surface area contributed by atoms with E-state index in [-0.39, 0.29) is 0 Å². The average molecular weight is 332 g/mol. The average Bonchev–Trinajstić information content (AvgIpc) is 3.26. The zero-order valence-corrected chi connectivity index (χ0v) is 13.9. The summed E-state index contributed by atoms with van der Waals surface area (Å²) in [5.41, 5.74) is 4.10. The second-order valence-corrected chi connectivity index (χ2v) is 5.87. The molecule has 0 saturated carbocycles. The van der Waals surface area contributed by atoms with E-state index in [2.05, 4.69) is 20.3 Å². The molecule has 4 aromatic rings. The molecule has 0 unspecified atom stereocenters. The number of benzene rings is 2. The molecule has 0 bridgehead atoms. The first-order valence-electron chi connectivity index (χ1n) is 7.97. The molecule has 0 fully saturated rings. The third-order valence-corrected chi connectivity index (χ3v) is 3.92. The molecule has 0 aliphatic heterocycles. The van der Waals surface area contributed by atoms with Crippen LogP contribution in [0.3, 0.4) is 0 Å². The maximum Gasteiger partial charge on any atom is 0.247 e. The highest BCUT2D eigenvalue weighted by molar-refractivity contribution is 5.59. The van der Waals surface area contributed by atoms with Crippen molar-refractivity contribution in [1.82, 2.24) is 20.3 Å². The molecule has 0 aliphatic carbocycles. The minimum Gasteiger partial charge on any atom is -0.420 e. The zero-order chi connectivity index (χ0) is 17.2. The van der Waals surface area contributed by atoms with Crippen LogP contribution in [0.1, 0.15) is 22.9 Å². The first-order valence-corrected chi connectivity index (χ1v) is 7.97. The van der Waals surface area contributed by atoms with Crippen LogP contribution in [-0.2, 0) is 6.42 Å². The van der Waals surface area contributed by atoms with Crippen LogP contribution in [0.15, 0.2) is 57.5 Å². The molecule has 0 saturated heterocycles. The fourth-order valence-corrected chi connectivity index (χ4v) is 2.53. The van der Waals surface area contributed by atoms with Gasteiger partial charge in [-0.25, -0.2) is 0 Å². The van der Waals surface area contributed by atoms with E-state index in [0.29, 0.717) is 29.9 Å². The molecule has 0 atom stereocenters. The first kappa shape index (κ1) is 15.3. The lowest BCUT2D eigenvalue weighted by Crippen LogP contribution is -1.89. The fraction of sp³-hybridized carbons (Fsp3) is 0.158. The fourth-order valence-electron chi connectivity index (χ4n) is 2.53. The third kappa shape index (κ3) is 3.19. The number of rotatable bonds is 4. The van der Waals surface area contributed by atoms with Gasteiger partial charge in [0.2, 0.25) is 23.5 Å². The van der Waals surface area contributed by atoms with Crippen molar-refractivity contribution in [3.63, 3.8) is 0 Å². The Hall–Kier alpha value is -3.28. The summed E-state index contributed by atoms with van der Waals surface area (Å²) in [4.78, 5) is 4.42. The van der Waals surface area contributed by atoms with E-state index in [1.54, 1.807) is 0 Å². The normalized spacial score (nSPS) is 11.0. The van der Waals surface area contributed by atoms with Gasteiger partial charge in [-0.2, -0.15) is 4.98 Å². The van der Waals surface area contributed by atoms with Crippen LogP contribution >= 0.6 is 0 Å². The molecule has 0 spiro atoms. The van der Waals surface area contributed by atoms with Crippen molar-refractivity contribution in [2.75, 3.05) is 0 Å². The van der Waals surface area contributed by atoms with Crippen LogP contribution < -0.4 is 0 Å². The van der Waals surface area contributed by atoms with Gasteiger partial charge in [0.05, 0.1) is 0 Å². The second-order valence-electron chi connectivity index (χ2n) is 5.87. The van der Waals surface area contributed by atoms with Crippen LogP contribution in [0.4, 0.5) is 0 Å². The largest absolute Gasteiger partial charge is 0.420 e. The van der Waals surface area contributed by atoms with Crippen LogP contribution in [0.5, 0.6) is 0 Å². The predicted molar refractivity (Wildman–Crippen MR) is 91.7 cm³/mol. The minimum absolute atomic E-state index is 0.303. The molecule has 0 radical (unpaired) electrons. The highest BCUT2D eigenvalue weighted by Gasteiger charge is 2.15. The quantitative estimate of drug-likeness (QED) is 0.562. The summed E-state index contributed by atoms with van der Waals surface area (Å²) < 4.78 is 11.0. The molecular weight excluding hydrogens is 316 g/mol. The number of aryl methyl sites for hydroxylation is 2. The van der Waals surface area contributed by atoms with Crippen molar-refractivity contribution in [2.24, 2.45) is 0 Å². The van der Waals surface area contributed by atoms with Gasteiger partial charge in [-0.3, -0.25) is 0 Å². The van der Waals surface area contributed by atoms with E-state index in [1.165, 1.54) is 5.56 Å². The standard InChI is InChI=1S/C19H16N4O2/c1-12-7-9-14(10-8-12)19-22-21-17(24-19)11-16-20-18(23-25-16)15-6-4-3-5-13(15)2/h3-10H,11H2,1-2H3. The molecule has 124 valence electrons. The molecule has 25 heavy (non-hydrogen) atoms. The number of aromatic nitrogens is 4. The molecule has 4 rings (SSSR count). The molecule has 0 N–H and O–H groups in total. The minimum atomic E-state index is 0.303. The van der Waals surface area contributed by atoms with Gasteiger partial charge in [0.15, 0.2) is 0 Å². The summed E-state index contributed by atoms with van der Waals surface area (Å²) in [5, 5.41) is 12.2. The van der Waals surface area contributed by atoms with E-state index in [0.717, 1.165) is 16.7 Å². The molecule has 6 nitrogen and oxygen atoms in total. The van der Waals surface area contributed by atoms with Gasteiger partial charge in [-0.15, -0.1) is 10.2 Å². The van der Waals surface area contributed by atoms with Gasteiger partial charge in [0.1, 0.15) is 6.42 Å². The van der Waals surface area contributed by atoms with E-state index in [1.807, 2.05) is 62.4 Å². The Balaban J connectivity index is 1.54. The summed E-state index contributed by atoms with van der Waals surface area (Å²) in [7, 11) is 0. The third-order valence-electron chi connectivity index (χ3n) is 3.92. The van der Waals surface area contributed by atoms with Crippen LogP contribution in [0.25, 0.3) is 22.8 Å². The van der Waals surface area contributed by atoms with Gasteiger partial charge in [0.25, 0.3) is 0 Å². The summed E-state index contributed by atoms with van der Waals surface area (Å²) in [6.45, 7) is 4.04. The molecule has 2 heterocycles. The van der Waals surface area contributed by atoms with Crippen molar-refractivity contribution in [3.05, 3.63) is 71.4 Å². The van der Waals surface area contributed by atoms with Crippen molar-refractivity contribution in [3.8, 4) is 22.8 Å². The Morgan fingerprint density at radius 2 is 1.68 bits per heavy atom. The lowest BCUT2D eigenvalue weighted by molar-refractivity contribution is 0.374. The Morgan fingerprint density at radius 3 is 2.48 bits per heavy atom. The van der Waals surface area contributed by atoms with Crippen molar-refractivity contribution in [1.29, 1.82) is 0 Å². The summed E-state index contributed by atoms with van der Waals surface area (Å²) in [6, 6.07) is 15.8. The van der Waals surface area contributed by atoms with E-state index >= 15 is 0 Å². The first-order chi connectivity index (χ1) is 12.2. The van der Waals surface area contributed by atoms with Crippen molar-refractivity contribution in [2.45, 2.75) is 20.3 Å². The summed E-state index contributed by atoms with van der Waals surface area (Å²) >= 11 is 0. The maximum atomic E-state index is 5.70. The SMILES string of the molecule is Cc1ccc(-c2nnc(Cc3nc(-c4ccccc4C)no3)o2)cc1. The van der Waals surface area contributed by atoms with Gasteiger partial charge in [-0.05, 0) is 31.5 Å². The van der Waals surface area contributed by atoms with Gasteiger partial charge in [0, 0.05) is 11.1 Å². The van der Waals surface area contributed by atoms with E-state index in [4.69, 9.17) is 8.94 Å². The lowest BCUT2D eigenvalue weighted by Gasteiger charge is -1.97. The monoisotopic (exact) mass is 332 g/mol. The van der Waals surface area contributed by atoms with Gasteiger partial charge >= 0.3 is 0 Å². The van der Waals surface area contributed by atoms with Crippen molar-refractivity contribution < 1.29 is 8.94 Å². The Bertz CT molecular complexity index is 1000. The highest BCUT2D eigenvalue weighted by atomic mass is 16.5. The van der Waals surface area contributed by atoms with Crippen molar-refractivity contribution >= 4 is 0 Å². The highest BCUT2D eigenvalue weighted by Crippen LogP contribution is 2.22. The van der Waals surface area contributed by atoms with Gasteiger partial charge < -0.3 is 8.94 Å². The summed E-state index contributed by atoms with van der Waals surface area (Å²) in [6.07, 6.45) is 0.303. The van der Waals surface area contributed by atoms with Crippen LogP contribution in [-0.4, -0.2) is 20.3 Å². The number of nitrogens with zero attached hydrogens (tertiary/aromatic N) is 4. The molecule has 0 amide bonds. The lowest BCUT2D eigenvalue weighted by atomic mass is 10.1. The second kappa shape index (κ2) is 6.32. The van der Waals surface area contributed by atoms with Gasteiger partial charge in [-0.1, -0.05) is 47.1 Å². The van der Waals surface area contributed by atoms with E-state index in [9.17, 15) is 0 Å². The molecular formula is C19H16N4O2. The Labute approximate surface area is 144 Å². The molecule has 2 aromatic carbocycles. The maximum absolute atomic E-state index is 5.70. The summed E-state index contributed by atoms with van der Waals surface area (Å²) in [5.74, 6) is 1.92. The zero-order valence-electron chi connectivity index (χ0n) is 13.9. The topological polar surface area (TPSA) is 77.8 Å². The van der Waals surface area contributed by atoms with Crippen LogP contribution in [0, 0.1) is 13.8 Å².